The lowest BCUT2D eigenvalue weighted by Crippen LogP contribution is -2.10. The number of aryl methyl sites for hydroxylation is 1. The molecule has 5 rings (SSSR count). The summed E-state index contributed by atoms with van der Waals surface area (Å²) in [5.41, 5.74) is 0.342. The maximum Gasteiger partial charge on any atom is 0.182 e. The average Bonchev–Trinajstić information content (AvgIpc) is 3.49. The van der Waals surface area contributed by atoms with Crippen molar-refractivity contribution in [1.29, 1.82) is 0 Å². The predicted molar refractivity (Wildman–Crippen MR) is 126 cm³/mol. The Morgan fingerprint density at radius 2 is 1.77 bits per heavy atom. The average molecular weight is 497 g/mol. The van der Waals surface area contributed by atoms with Crippen LogP contribution in [0.15, 0.2) is 59.8 Å². The minimum atomic E-state index is -3.95. The predicted octanol–water partition coefficient (Wildman–Crippen LogP) is 5.63. The molecule has 0 saturated carbocycles. The molecule has 5 aromatic rings. The summed E-state index contributed by atoms with van der Waals surface area (Å²) in [5.74, 6) is -3.38. The van der Waals surface area contributed by atoms with Gasteiger partial charge in [-0.1, -0.05) is 24.3 Å². The van der Waals surface area contributed by atoms with Crippen molar-refractivity contribution < 1.29 is 21.6 Å². The highest BCUT2D eigenvalue weighted by molar-refractivity contribution is 7.90. The molecule has 0 spiro atoms. The van der Waals surface area contributed by atoms with Crippen molar-refractivity contribution >= 4 is 20.7 Å². The molecule has 0 radical (unpaired) electrons. The van der Waals surface area contributed by atoms with Crippen LogP contribution in [-0.2, 0) is 15.6 Å². The van der Waals surface area contributed by atoms with E-state index in [0.29, 0.717) is 22.5 Å². The van der Waals surface area contributed by atoms with Gasteiger partial charge in [0.05, 0.1) is 16.2 Å². The minimum Gasteiger partial charge on any atom is -0.343 e. The van der Waals surface area contributed by atoms with E-state index in [9.17, 15) is 12.8 Å². The largest absolute Gasteiger partial charge is 0.343 e. The van der Waals surface area contributed by atoms with Crippen LogP contribution in [0.1, 0.15) is 16.7 Å². The lowest BCUT2D eigenvalue weighted by molar-refractivity contribution is 0.570. The van der Waals surface area contributed by atoms with Crippen molar-refractivity contribution in [3.05, 3.63) is 89.0 Å². The Balaban J connectivity index is 1.60. The second-order valence-electron chi connectivity index (χ2n) is 8.21. The van der Waals surface area contributed by atoms with E-state index in [-0.39, 0.29) is 21.5 Å². The fourth-order valence-electron chi connectivity index (χ4n) is 4.12. The van der Waals surface area contributed by atoms with Crippen LogP contribution in [0.5, 0.6) is 0 Å². The van der Waals surface area contributed by atoms with E-state index >= 15 is 8.78 Å². The number of H-pyrrole nitrogens is 2. The SMILES string of the molecule is Cc1cccc(S(=O)(=O)Cc2ccc(F)c(-c3ccc4c(-c5ncc[nH]5)[nH]nc4c3F)c2F)c1C. The summed E-state index contributed by atoms with van der Waals surface area (Å²) in [4.78, 5) is 7.05. The Morgan fingerprint density at radius 3 is 2.51 bits per heavy atom. The fourth-order valence-corrected chi connectivity index (χ4v) is 5.82. The van der Waals surface area contributed by atoms with Gasteiger partial charge in [0, 0.05) is 28.9 Å². The molecule has 6 nitrogen and oxygen atoms in total. The second kappa shape index (κ2) is 8.38. The summed E-state index contributed by atoms with van der Waals surface area (Å²) < 4.78 is 71.9. The van der Waals surface area contributed by atoms with Crippen LogP contribution in [0, 0.1) is 31.3 Å². The molecule has 178 valence electrons. The number of rotatable bonds is 5. The van der Waals surface area contributed by atoms with E-state index in [2.05, 4.69) is 20.2 Å². The molecule has 2 heterocycles. The molecule has 10 heteroatoms. The number of benzene rings is 3. The third kappa shape index (κ3) is 3.79. The Morgan fingerprint density at radius 1 is 0.971 bits per heavy atom. The number of aromatic amines is 2. The first-order valence-corrected chi connectivity index (χ1v) is 12.3. The van der Waals surface area contributed by atoms with Crippen molar-refractivity contribution in [2.24, 2.45) is 0 Å². The molecule has 0 aliphatic carbocycles. The van der Waals surface area contributed by atoms with Gasteiger partial charge in [0.25, 0.3) is 0 Å². The number of aromatic nitrogens is 4. The second-order valence-corrected chi connectivity index (χ2v) is 10.2. The third-order valence-corrected chi connectivity index (χ3v) is 7.88. The van der Waals surface area contributed by atoms with Gasteiger partial charge in [-0.15, -0.1) is 0 Å². The van der Waals surface area contributed by atoms with Crippen LogP contribution in [0.3, 0.4) is 0 Å². The molecule has 0 atom stereocenters. The normalized spacial score (nSPS) is 11.9. The van der Waals surface area contributed by atoms with Crippen molar-refractivity contribution in [1.82, 2.24) is 20.2 Å². The highest BCUT2D eigenvalue weighted by atomic mass is 32.2. The molecule has 0 aliphatic heterocycles. The van der Waals surface area contributed by atoms with E-state index in [4.69, 9.17) is 0 Å². The number of hydrogen-bond donors (Lipinski definition) is 2. The van der Waals surface area contributed by atoms with Crippen molar-refractivity contribution in [2.45, 2.75) is 24.5 Å². The lowest BCUT2D eigenvalue weighted by atomic mass is 9.99. The number of imidazole rings is 1. The van der Waals surface area contributed by atoms with Gasteiger partial charge in [-0.2, -0.15) is 5.10 Å². The van der Waals surface area contributed by atoms with Crippen LogP contribution in [-0.4, -0.2) is 28.6 Å². The summed E-state index contributed by atoms with van der Waals surface area (Å²) in [7, 11) is -3.95. The zero-order valence-electron chi connectivity index (χ0n) is 18.7. The summed E-state index contributed by atoms with van der Waals surface area (Å²) in [6.45, 7) is 3.44. The van der Waals surface area contributed by atoms with Crippen molar-refractivity contribution in [2.75, 3.05) is 0 Å². The highest BCUT2D eigenvalue weighted by Gasteiger charge is 2.26. The molecule has 35 heavy (non-hydrogen) atoms. The molecule has 0 unspecified atom stereocenters. The van der Waals surface area contributed by atoms with Gasteiger partial charge in [0.1, 0.15) is 22.8 Å². The minimum absolute atomic E-state index is 0.0670. The van der Waals surface area contributed by atoms with Gasteiger partial charge in [-0.25, -0.2) is 26.6 Å². The van der Waals surface area contributed by atoms with E-state index < -0.39 is 38.6 Å². The zero-order valence-corrected chi connectivity index (χ0v) is 19.5. The summed E-state index contributed by atoms with van der Waals surface area (Å²) >= 11 is 0. The van der Waals surface area contributed by atoms with Crippen LogP contribution in [0.4, 0.5) is 13.2 Å². The zero-order chi connectivity index (χ0) is 24.9. The van der Waals surface area contributed by atoms with Gasteiger partial charge in [-0.05, 0) is 43.2 Å². The number of halogens is 3. The number of nitrogens with one attached hydrogen (secondary N) is 2. The van der Waals surface area contributed by atoms with Gasteiger partial charge in [0.15, 0.2) is 21.5 Å². The van der Waals surface area contributed by atoms with Crippen molar-refractivity contribution in [3.8, 4) is 22.6 Å². The number of hydrogen-bond acceptors (Lipinski definition) is 4. The van der Waals surface area contributed by atoms with E-state index in [0.717, 1.165) is 17.7 Å². The molecule has 0 bridgehead atoms. The maximum absolute atomic E-state index is 15.5. The first-order chi connectivity index (χ1) is 16.7. The molecule has 0 saturated heterocycles. The number of nitrogens with zero attached hydrogens (tertiary/aromatic N) is 2. The monoisotopic (exact) mass is 496 g/mol. The standard InChI is InChI=1S/C25H19F3N4O2S/c1-13-4-3-5-19(14(13)2)35(33,34)12-15-6-9-18(26)20(21(15)27)16-7-8-17-23(22(16)28)31-32-24(17)25-29-10-11-30-25/h3-11H,12H2,1-2H3,(H,29,30)(H,31,32). The summed E-state index contributed by atoms with van der Waals surface area (Å²) in [5, 5.41) is 7.01. The fraction of sp³-hybridized carbons (Fsp3) is 0.120. The molecule has 0 fully saturated rings. The van der Waals surface area contributed by atoms with Gasteiger partial charge < -0.3 is 4.98 Å². The van der Waals surface area contributed by atoms with Crippen LogP contribution in [0.2, 0.25) is 0 Å². The number of sulfone groups is 1. The quantitative estimate of drug-likeness (QED) is 0.330. The summed E-state index contributed by atoms with van der Waals surface area (Å²) in [6, 6.07) is 9.55. The first-order valence-electron chi connectivity index (χ1n) is 10.6. The maximum atomic E-state index is 15.5. The van der Waals surface area contributed by atoms with Crippen LogP contribution >= 0.6 is 0 Å². The molecule has 2 aromatic heterocycles. The molecule has 2 N–H and O–H groups in total. The van der Waals surface area contributed by atoms with Gasteiger partial charge >= 0.3 is 0 Å². The lowest BCUT2D eigenvalue weighted by Gasteiger charge is -2.13. The van der Waals surface area contributed by atoms with Crippen LogP contribution in [0.25, 0.3) is 33.5 Å². The summed E-state index contributed by atoms with van der Waals surface area (Å²) in [6.07, 6.45) is 3.12. The molecular weight excluding hydrogens is 477 g/mol. The Bertz CT molecular complexity index is 1690. The van der Waals surface area contributed by atoms with Gasteiger partial charge in [-0.3, -0.25) is 5.10 Å². The van der Waals surface area contributed by atoms with Crippen molar-refractivity contribution in [3.63, 3.8) is 0 Å². The Kier molecular flexibility index (Phi) is 5.47. The smallest absolute Gasteiger partial charge is 0.182 e. The molecule has 0 amide bonds. The van der Waals surface area contributed by atoms with E-state index in [1.54, 1.807) is 32.2 Å². The van der Waals surface area contributed by atoms with E-state index in [1.165, 1.54) is 24.4 Å². The van der Waals surface area contributed by atoms with Crippen LogP contribution < -0.4 is 0 Å². The third-order valence-electron chi connectivity index (χ3n) is 6.08. The molecule has 3 aromatic carbocycles. The Labute approximate surface area is 198 Å². The highest BCUT2D eigenvalue weighted by Crippen LogP contribution is 2.36. The first kappa shape index (κ1) is 22.9. The topological polar surface area (TPSA) is 91.5 Å². The van der Waals surface area contributed by atoms with Gasteiger partial charge in [0.2, 0.25) is 0 Å². The molecule has 0 aliphatic rings. The Hall–Kier alpha value is -3.92. The number of fused-ring (bicyclic) bond motifs is 1. The molecular formula is C25H19F3N4O2S. The van der Waals surface area contributed by atoms with E-state index in [1.807, 2.05) is 0 Å².